The minimum Gasteiger partial charge on any atom is -0.369 e. The van der Waals surface area contributed by atoms with Crippen molar-refractivity contribution in [2.75, 3.05) is 24.5 Å². The fourth-order valence-corrected chi connectivity index (χ4v) is 3.68. The van der Waals surface area contributed by atoms with Gasteiger partial charge in [-0.05, 0) is 31.5 Å². The SMILES string of the molecule is Cl.Cl.NCCc1nc(C(=O)NC2CCCN(c3ccccc3)C2)cs1. The summed E-state index contributed by atoms with van der Waals surface area (Å²) in [6.07, 6.45) is 2.81. The smallest absolute Gasteiger partial charge is 0.271 e. The Hall–Kier alpha value is -1.34. The molecule has 1 unspecified atom stereocenters. The van der Waals surface area contributed by atoms with Crippen LogP contribution < -0.4 is 16.0 Å². The molecular formula is C17H24Cl2N4OS. The Morgan fingerprint density at radius 2 is 2.08 bits per heavy atom. The van der Waals surface area contributed by atoms with Crippen LogP contribution in [0.3, 0.4) is 0 Å². The molecule has 5 nitrogen and oxygen atoms in total. The number of halogens is 2. The van der Waals surface area contributed by atoms with E-state index in [0.29, 0.717) is 12.2 Å². The van der Waals surface area contributed by atoms with Gasteiger partial charge in [0, 0.05) is 36.6 Å². The normalized spacial score (nSPS) is 16.5. The highest BCUT2D eigenvalue weighted by atomic mass is 35.5. The number of piperidine rings is 1. The molecule has 0 spiro atoms. The van der Waals surface area contributed by atoms with Crippen molar-refractivity contribution >= 4 is 47.7 Å². The number of nitrogens with two attached hydrogens (primary N) is 1. The average Bonchev–Trinajstić information content (AvgIpc) is 3.05. The zero-order chi connectivity index (χ0) is 16.1. The molecule has 1 fully saturated rings. The van der Waals surface area contributed by atoms with Gasteiger partial charge in [0.05, 0.1) is 5.01 Å². The van der Waals surface area contributed by atoms with Crippen LogP contribution in [0.1, 0.15) is 28.3 Å². The van der Waals surface area contributed by atoms with Crippen LogP contribution in [0.15, 0.2) is 35.7 Å². The Balaban J connectivity index is 0.00000156. The highest BCUT2D eigenvalue weighted by molar-refractivity contribution is 7.09. The van der Waals surface area contributed by atoms with Crippen molar-refractivity contribution in [1.29, 1.82) is 0 Å². The molecule has 2 aromatic rings. The van der Waals surface area contributed by atoms with E-state index in [1.54, 1.807) is 0 Å². The lowest BCUT2D eigenvalue weighted by molar-refractivity contribution is 0.0928. The van der Waals surface area contributed by atoms with E-state index < -0.39 is 0 Å². The Bertz CT molecular complexity index is 653. The number of rotatable bonds is 5. The van der Waals surface area contributed by atoms with E-state index in [2.05, 4.69) is 27.3 Å². The van der Waals surface area contributed by atoms with Gasteiger partial charge in [0.1, 0.15) is 5.69 Å². The number of para-hydroxylation sites is 1. The van der Waals surface area contributed by atoms with E-state index in [-0.39, 0.29) is 36.8 Å². The van der Waals surface area contributed by atoms with Gasteiger partial charge in [0.25, 0.3) is 5.91 Å². The second kappa shape index (κ2) is 10.6. The van der Waals surface area contributed by atoms with Crippen LogP contribution in [0.2, 0.25) is 0 Å². The highest BCUT2D eigenvalue weighted by Crippen LogP contribution is 2.20. The monoisotopic (exact) mass is 402 g/mol. The average molecular weight is 403 g/mol. The summed E-state index contributed by atoms with van der Waals surface area (Å²) >= 11 is 1.50. The molecule has 3 N–H and O–H groups in total. The number of hydrogen-bond donors (Lipinski definition) is 2. The number of aromatic nitrogens is 1. The Morgan fingerprint density at radius 1 is 1.32 bits per heavy atom. The van der Waals surface area contributed by atoms with Crippen LogP contribution in [-0.4, -0.2) is 36.6 Å². The van der Waals surface area contributed by atoms with E-state index in [9.17, 15) is 4.79 Å². The summed E-state index contributed by atoms with van der Waals surface area (Å²) in [5.41, 5.74) is 7.25. The molecule has 1 aromatic carbocycles. The predicted octanol–water partition coefficient (Wildman–Crippen LogP) is 2.89. The van der Waals surface area contributed by atoms with Crippen molar-refractivity contribution in [1.82, 2.24) is 10.3 Å². The van der Waals surface area contributed by atoms with Gasteiger partial charge in [0.2, 0.25) is 0 Å². The van der Waals surface area contributed by atoms with Crippen molar-refractivity contribution in [3.63, 3.8) is 0 Å². The molecule has 0 bridgehead atoms. The molecule has 1 aromatic heterocycles. The molecule has 2 heterocycles. The Kier molecular flexibility index (Phi) is 9.21. The van der Waals surface area contributed by atoms with Gasteiger partial charge in [-0.15, -0.1) is 36.2 Å². The van der Waals surface area contributed by atoms with Gasteiger partial charge >= 0.3 is 0 Å². The molecule has 1 amide bonds. The minimum atomic E-state index is -0.0792. The van der Waals surface area contributed by atoms with Crippen molar-refractivity contribution in [3.8, 4) is 0 Å². The van der Waals surface area contributed by atoms with E-state index in [1.165, 1.54) is 17.0 Å². The van der Waals surface area contributed by atoms with Crippen molar-refractivity contribution < 1.29 is 4.79 Å². The number of thiazole rings is 1. The lowest BCUT2D eigenvalue weighted by Crippen LogP contribution is -2.47. The molecule has 0 aliphatic carbocycles. The third-order valence-electron chi connectivity index (χ3n) is 4.02. The van der Waals surface area contributed by atoms with Crippen LogP contribution in [-0.2, 0) is 6.42 Å². The van der Waals surface area contributed by atoms with E-state index in [4.69, 9.17) is 5.73 Å². The molecule has 8 heteroatoms. The van der Waals surface area contributed by atoms with Crippen LogP contribution in [0.5, 0.6) is 0 Å². The molecule has 0 radical (unpaired) electrons. The standard InChI is InChI=1S/C17H22N4OS.2ClH/c18-9-8-16-20-15(12-23-16)17(22)19-13-5-4-10-21(11-13)14-6-2-1-3-7-14;;/h1-3,6-7,12-13H,4-5,8-11,18H2,(H,19,22);2*1H. The summed E-state index contributed by atoms with van der Waals surface area (Å²) in [5.74, 6) is -0.0792. The lowest BCUT2D eigenvalue weighted by Gasteiger charge is -2.34. The number of anilines is 1. The molecule has 1 aliphatic heterocycles. The van der Waals surface area contributed by atoms with Gasteiger partial charge in [-0.1, -0.05) is 18.2 Å². The summed E-state index contributed by atoms with van der Waals surface area (Å²) in [5, 5.41) is 5.86. The Labute approximate surface area is 164 Å². The molecule has 3 rings (SSSR count). The topological polar surface area (TPSA) is 71.2 Å². The number of hydrogen-bond acceptors (Lipinski definition) is 5. The third-order valence-corrected chi connectivity index (χ3v) is 4.93. The fourth-order valence-electron chi connectivity index (χ4n) is 2.88. The maximum absolute atomic E-state index is 12.4. The molecule has 25 heavy (non-hydrogen) atoms. The first-order valence-corrected chi connectivity index (χ1v) is 8.89. The van der Waals surface area contributed by atoms with Crippen molar-refractivity contribution in [2.24, 2.45) is 5.73 Å². The highest BCUT2D eigenvalue weighted by Gasteiger charge is 2.22. The second-order valence-electron chi connectivity index (χ2n) is 5.76. The summed E-state index contributed by atoms with van der Waals surface area (Å²) in [4.78, 5) is 19.0. The molecule has 1 atom stereocenters. The molecule has 138 valence electrons. The van der Waals surface area contributed by atoms with Crippen molar-refractivity contribution in [3.05, 3.63) is 46.4 Å². The predicted molar refractivity (Wildman–Crippen MR) is 109 cm³/mol. The van der Waals surface area contributed by atoms with E-state index in [0.717, 1.165) is 37.4 Å². The first-order valence-electron chi connectivity index (χ1n) is 8.01. The number of benzene rings is 1. The zero-order valence-corrected chi connectivity index (χ0v) is 16.3. The van der Waals surface area contributed by atoms with Crippen molar-refractivity contribution in [2.45, 2.75) is 25.3 Å². The van der Waals surface area contributed by atoms with Crippen LogP contribution in [0.25, 0.3) is 0 Å². The largest absolute Gasteiger partial charge is 0.369 e. The minimum absolute atomic E-state index is 0. The molecule has 1 aliphatic rings. The van der Waals surface area contributed by atoms with E-state index >= 15 is 0 Å². The van der Waals surface area contributed by atoms with Crippen LogP contribution in [0, 0.1) is 0 Å². The second-order valence-corrected chi connectivity index (χ2v) is 6.70. The third kappa shape index (κ3) is 5.85. The Morgan fingerprint density at radius 3 is 2.80 bits per heavy atom. The van der Waals surface area contributed by atoms with Gasteiger partial charge in [0.15, 0.2) is 0 Å². The maximum atomic E-state index is 12.4. The number of amides is 1. The maximum Gasteiger partial charge on any atom is 0.271 e. The van der Waals surface area contributed by atoms with Crippen LogP contribution in [0.4, 0.5) is 5.69 Å². The summed E-state index contributed by atoms with van der Waals surface area (Å²) in [7, 11) is 0. The number of carbonyl (C=O) groups is 1. The first kappa shape index (κ1) is 21.7. The quantitative estimate of drug-likeness (QED) is 0.806. The summed E-state index contributed by atoms with van der Waals surface area (Å²) < 4.78 is 0. The van der Waals surface area contributed by atoms with Crippen LogP contribution >= 0.6 is 36.2 Å². The zero-order valence-electron chi connectivity index (χ0n) is 13.9. The van der Waals surface area contributed by atoms with Gasteiger partial charge in [-0.2, -0.15) is 0 Å². The molecular weight excluding hydrogens is 379 g/mol. The van der Waals surface area contributed by atoms with Gasteiger partial charge < -0.3 is 16.0 Å². The summed E-state index contributed by atoms with van der Waals surface area (Å²) in [6.45, 7) is 2.44. The number of nitrogens with one attached hydrogen (secondary N) is 1. The van der Waals surface area contributed by atoms with E-state index in [1.807, 2.05) is 23.6 Å². The van der Waals surface area contributed by atoms with Gasteiger partial charge in [-0.25, -0.2) is 4.98 Å². The number of carbonyl (C=O) groups excluding carboxylic acids is 1. The first-order chi connectivity index (χ1) is 11.3. The molecule has 0 saturated carbocycles. The lowest BCUT2D eigenvalue weighted by atomic mass is 10.0. The fraction of sp³-hybridized carbons (Fsp3) is 0.412. The van der Waals surface area contributed by atoms with Gasteiger partial charge in [-0.3, -0.25) is 4.79 Å². The number of nitrogens with zero attached hydrogens (tertiary/aromatic N) is 2. The summed E-state index contributed by atoms with van der Waals surface area (Å²) in [6, 6.07) is 10.5. The molecule has 1 saturated heterocycles.